The van der Waals surface area contributed by atoms with Gasteiger partial charge in [0.05, 0.1) is 31.5 Å². The lowest BCUT2D eigenvalue weighted by Gasteiger charge is -2.32. The van der Waals surface area contributed by atoms with Crippen LogP contribution in [-0.2, 0) is 0 Å². The molecule has 0 unspecified atom stereocenters. The molecule has 0 saturated carbocycles. The van der Waals surface area contributed by atoms with Crippen molar-refractivity contribution >= 4 is 28.3 Å². The Morgan fingerprint density at radius 1 is 1.06 bits per heavy atom. The lowest BCUT2D eigenvalue weighted by molar-refractivity contribution is -0.597. The molecule has 5 rings (SSSR count). The highest BCUT2D eigenvalue weighted by Gasteiger charge is 2.28. The molecule has 2 aromatic carbocycles. The van der Waals surface area contributed by atoms with Crippen LogP contribution in [0.1, 0.15) is 5.69 Å². The number of methoxy groups -OCH3 is 2. The highest BCUT2D eigenvalue weighted by atomic mass is 35.5. The number of hydrogen-bond donors (Lipinski definition) is 2. The van der Waals surface area contributed by atoms with Crippen molar-refractivity contribution in [3.8, 4) is 28.7 Å². The fourth-order valence-corrected chi connectivity index (χ4v) is 5.02. The van der Waals surface area contributed by atoms with Gasteiger partial charge in [0.15, 0.2) is 11.5 Å². The van der Waals surface area contributed by atoms with E-state index in [-0.39, 0.29) is 6.61 Å². The molecule has 1 saturated heterocycles. The van der Waals surface area contributed by atoms with Crippen LogP contribution in [0.5, 0.6) is 11.5 Å². The Morgan fingerprint density at radius 2 is 1.78 bits per heavy atom. The number of aryl methyl sites for hydroxylation is 1. The molecule has 9 nitrogen and oxygen atoms in total. The molecule has 188 valence electrons. The van der Waals surface area contributed by atoms with Gasteiger partial charge >= 0.3 is 11.9 Å². The summed E-state index contributed by atoms with van der Waals surface area (Å²) in [5.74, 6) is 2.55. The van der Waals surface area contributed by atoms with Gasteiger partial charge in [-0.2, -0.15) is 4.57 Å². The number of benzene rings is 2. The van der Waals surface area contributed by atoms with Gasteiger partial charge in [-0.1, -0.05) is 28.8 Å². The molecule has 1 fully saturated rings. The van der Waals surface area contributed by atoms with Crippen molar-refractivity contribution in [2.45, 2.75) is 6.92 Å². The monoisotopic (exact) mass is 509 g/mol. The van der Waals surface area contributed by atoms with Crippen molar-refractivity contribution < 1.29 is 19.1 Å². The van der Waals surface area contributed by atoms with Gasteiger partial charge in [0.25, 0.3) is 0 Å². The van der Waals surface area contributed by atoms with Crippen LogP contribution in [0.15, 0.2) is 42.5 Å². The molecule has 3 heterocycles. The number of pyridine rings is 1. The maximum Gasteiger partial charge on any atom is 0.424 e. The summed E-state index contributed by atoms with van der Waals surface area (Å²) in [6.07, 6.45) is 0. The number of hydrogen-bond acceptors (Lipinski definition) is 7. The SMILES string of the molecule is COc1cc2cc(C)[n+](-c3nc(N4CCN(CCO)CC4)n[nH]3)c(-c3ccccc3Cl)c2cc1OC. The number of halogens is 1. The Balaban J connectivity index is 1.65. The van der Waals surface area contributed by atoms with Gasteiger partial charge in [0.2, 0.25) is 0 Å². The van der Waals surface area contributed by atoms with Crippen LogP contribution in [0.3, 0.4) is 0 Å². The minimum Gasteiger partial charge on any atom is -0.493 e. The molecule has 0 spiro atoms. The smallest absolute Gasteiger partial charge is 0.424 e. The first-order chi connectivity index (χ1) is 17.5. The average molecular weight is 510 g/mol. The highest BCUT2D eigenvalue weighted by Crippen LogP contribution is 2.38. The first-order valence-corrected chi connectivity index (χ1v) is 12.3. The lowest BCUT2D eigenvalue weighted by Crippen LogP contribution is -2.47. The normalized spacial score (nSPS) is 14.4. The van der Waals surface area contributed by atoms with E-state index >= 15 is 0 Å². The van der Waals surface area contributed by atoms with E-state index < -0.39 is 0 Å². The lowest BCUT2D eigenvalue weighted by atomic mass is 10.0. The highest BCUT2D eigenvalue weighted by molar-refractivity contribution is 6.33. The van der Waals surface area contributed by atoms with Crippen molar-refractivity contribution in [3.05, 3.63) is 53.2 Å². The Kier molecular flexibility index (Phi) is 6.95. The van der Waals surface area contributed by atoms with E-state index in [0.29, 0.717) is 35.0 Å². The van der Waals surface area contributed by atoms with Crippen molar-refractivity contribution in [2.24, 2.45) is 0 Å². The Labute approximate surface area is 214 Å². The van der Waals surface area contributed by atoms with Crippen LogP contribution >= 0.6 is 11.6 Å². The first kappa shape index (κ1) is 24.3. The molecule has 1 aliphatic heterocycles. The summed E-state index contributed by atoms with van der Waals surface area (Å²) in [4.78, 5) is 9.29. The molecule has 2 N–H and O–H groups in total. The number of nitrogens with one attached hydrogen (secondary N) is 1. The van der Waals surface area contributed by atoms with Crippen LogP contribution in [0.25, 0.3) is 28.0 Å². The second-order valence-electron chi connectivity index (χ2n) is 8.76. The van der Waals surface area contributed by atoms with Crippen LogP contribution in [0, 0.1) is 6.92 Å². The number of aromatic amines is 1. The van der Waals surface area contributed by atoms with Gasteiger partial charge in [-0.3, -0.25) is 4.90 Å². The third-order valence-corrected chi connectivity index (χ3v) is 6.96. The minimum absolute atomic E-state index is 0.171. The predicted octanol–water partition coefficient (Wildman–Crippen LogP) is 2.99. The number of fused-ring (bicyclic) bond motifs is 1. The standard InChI is InChI=1S/C26H30ClN6O3/c1-17-14-18-15-22(35-2)23(36-3)16-20(18)24(19-6-4-5-7-21(19)27)33(17)26-28-25(29-30-26)32-10-8-31(9-11-32)12-13-34/h4-7,14-16,34H,8-13H2,1-3H3,(H,28,29,30)/q+1. The van der Waals surface area contributed by atoms with Crippen molar-refractivity contribution in [3.63, 3.8) is 0 Å². The molecule has 0 atom stereocenters. The first-order valence-electron chi connectivity index (χ1n) is 11.9. The largest absolute Gasteiger partial charge is 0.493 e. The molecular weight excluding hydrogens is 480 g/mol. The molecule has 1 aliphatic rings. The van der Waals surface area contributed by atoms with E-state index in [1.165, 1.54) is 0 Å². The van der Waals surface area contributed by atoms with Gasteiger partial charge in [-0.05, 0) is 47.6 Å². The number of anilines is 1. The van der Waals surface area contributed by atoms with E-state index in [0.717, 1.165) is 53.9 Å². The molecule has 4 aromatic rings. The number of nitrogens with zero attached hydrogens (tertiary/aromatic N) is 5. The summed E-state index contributed by atoms with van der Waals surface area (Å²) in [7, 11) is 3.26. The second kappa shape index (κ2) is 10.3. The summed E-state index contributed by atoms with van der Waals surface area (Å²) >= 11 is 6.72. The number of ether oxygens (including phenoxy) is 2. The number of rotatable bonds is 7. The summed E-state index contributed by atoms with van der Waals surface area (Å²) in [6, 6.07) is 13.8. The van der Waals surface area contributed by atoms with Gasteiger partial charge < -0.3 is 19.5 Å². The van der Waals surface area contributed by atoms with Gasteiger partial charge in [0, 0.05) is 43.7 Å². The van der Waals surface area contributed by atoms with Gasteiger partial charge in [0.1, 0.15) is 5.69 Å². The molecule has 2 aromatic heterocycles. The average Bonchev–Trinajstić information content (AvgIpc) is 3.38. The third kappa shape index (κ3) is 4.45. The van der Waals surface area contributed by atoms with E-state index in [4.69, 9.17) is 26.1 Å². The van der Waals surface area contributed by atoms with Crippen molar-refractivity contribution in [1.82, 2.24) is 20.1 Å². The van der Waals surface area contributed by atoms with Crippen LogP contribution in [0.2, 0.25) is 5.02 Å². The number of β-amino-alcohol motifs (C(OH)–C–C–N with tert-alkyl or cyclic N) is 1. The zero-order valence-electron chi connectivity index (χ0n) is 20.7. The van der Waals surface area contributed by atoms with Gasteiger partial charge in [-0.25, -0.2) is 0 Å². The van der Waals surface area contributed by atoms with Gasteiger partial charge in [-0.15, -0.1) is 5.10 Å². The van der Waals surface area contributed by atoms with E-state index in [9.17, 15) is 5.11 Å². The number of piperazine rings is 1. The molecular formula is C26H30ClN6O3+. The molecule has 10 heteroatoms. The second-order valence-corrected chi connectivity index (χ2v) is 9.16. The summed E-state index contributed by atoms with van der Waals surface area (Å²) < 4.78 is 13.2. The molecule has 0 radical (unpaired) electrons. The number of aliphatic hydroxyl groups excluding tert-OH is 1. The molecule has 0 bridgehead atoms. The summed E-state index contributed by atoms with van der Waals surface area (Å²) in [6.45, 7) is 6.21. The maximum absolute atomic E-state index is 9.22. The summed E-state index contributed by atoms with van der Waals surface area (Å²) in [5, 5.41) is 19.5. The van der Waals surface area contributed by atoms with E-state index in [1.54, 1.807) is 14.2 Å². The van der Waals surface area contributed by atoms with Crippen LogP contribution in [0.4, 0.5) is 5.95 Å². The quantitative estimate of drug-likeness (QED) is 0.370. The van der Waals surface area contributed by atoms with E-state index in [2.05, 4.69) is 26.1 Å². The fraction of sp³-hybridized carbons (Fsp3) is 0.346. The zero-order chi connectivity index (χ0) is 25.2. The molecule has 36 heavy (non-hydrogen) atoms. The minimum atomic E-state index is 0.171. The summed E-state index contributed by atoms with van der Waals surface area (Å²) in [5.41, 5.74) is 2.71. The fourth-order valence-electron chi connectivity index (χ4n) is 4.80. The predicted molar refractivity (Wildman–Crippen MR) is 139 cm³/mol. The van der Waals surface area contributed by atoms with Crippen molar-refractivity contribution in [2.75, 3.05) is 58.5 Å². The number of aliphatic hydroxyl groups is 1. The van der Waals surface area contributed by atoms with Crippen molar-refractivity contribution in [1.29, 1.82) is 0 Å². The topological polar surface area (TPSA) is 90.6 Å². The Morgan fingerprint density at radius 3 is 2.47 bits per heavy atom. The number of aromatic nitrogens is 4. The number of H-pyrrole nitrogens is 1. The van der Waals surface area contributed by atoms with E-state index in [1.807, 2.05) is 47.9 Å². The van der Waals surface area contributed by atoms with Crippen LogP contribution < -0.4 is 18.9 Å². The van der Waals surface area contributed by atoms with Crippen LogP contribution in [-0.4, -0.2) is 78.7 Å². The third-order valence-electron chi connectivity index (χ3n) is 6.63. The molecule has 0 aliphatic carbocycles. The Hall–Kier alpha value is -3.40. The Bertz CT molecular complexity index is 1380. The molecule has 0 amide bonds. The maximum atomic E-state index is 9.22. The zero-order valence-corrected chi connectivity index (χ0v) is 21.4.